The average molecular weight is 470 g/mol. The lowest BCUT2D eigenvalue weighted by molar-refractivity contribution is -0.128. The fourth-order valence-corrected chi connectivity index (χ4v) is 4.13. The lowest BCUT2D eigenvalue weighted by Crippen LogP contribution is -2.32. The number of hydrogen-bond donors (Lipinski definition) is 1. The van der Waals surface area contributed by atoms with E-state index in [1.165, 1.54) is 12.1 Å². The number of halogens is 3. The highest BCUT2D eigenvalue weighted by Gasteiger charge is 2.30. The Hall–Kier alpha value is -3.49. The van der Waals surface area contributed by atoms with E-state index in [2.05, 4.69) is 20.3 Å². The topological polar surface area (TPSA) is 71.0 Å². The van der Waals surface area contributed by atoms with Gasteiger partial charge < -0.3 is 10.2 Å². The van der Waals surface area contributed by atoms with Crippen molar-refractivity contribution in [2.24, 2.45) is 0 Å². The number of carbonyl (C=O) groups is 1. The third kappa shape index (κ3) is 4.73. The average Bonchev–Trinajstić information content (AvgIpc) is 2.78. The zero-order chi connectivity index (χ0) is 24.6. The van der Waals surface area contributed by atoms with E-state index in [0.29, 0.717) is 49.0 Å². The second kappa shape index (κ2) is 9.04. The van der Waals surface area contributed by atoms with E-state index in [4.69, 9.17) is 0 Å². The van der Waals surface area contributed by atoms with Gasteiger partial charge in [-0.05, 0) is 31.9 Å². The molecule has 34 heavy (non-hydrogen) atoms. The van der Waals surface area contributed by atoms with Gasteiger partial charge in [0.25, 0.3) is 5.92 Å². The lowest BCUT2D eigenvalue weighted by Gasteiger charge is -2.25. The summed E-state index contributed by atoms with van der Waals surface area (Å²) in [5.74, 6) is -3.23. The first-order chi connectivity index (χ1) is 16.0. The first-order valence-corrected chi connectivity index (χ1v) is 11.1. The molecule has 0 saturated carbocycles. The smallest absolute Gasteiger partial charge is 0.273 e. The van der Waals surface area contributed by atoms with Gasteiger partial charge in [-0.25, -0.2) is 23.1 Å². The van der Waals surface area contributed by atoms with Crippen LogP contribution in [0, 0.1) is 12.7 Å². The van der Waals surface area contributed by atoms with Crippen molar-refractivity contribution in [2.45, 2.75) is 46.1 Å². The van der Waals surface area contributed by atoms with Crippen LogP contribution in [0.2, 0.25) is 0 Å². The van der Waals surface area contributed by atoms with Crippen LogP contribution >= 0.6 is 0 Å². The van der Waals surface area contributed by atoms with Gasteiger partial charge in [-0.2, -0.15) is 0 Å². The van der Waals surface area contributed by atoms with Crippen molar-refractivity contribution in [3.05, 3.63) is 65.0 Å². The summed E-state index contributed by atoms with van der Waals surface area (Å²) >= 11 is 0. The summed E-state index contributed by atoms with van der Waals surface area (Å²) in [5.41, 5.74) is 1.86. The van der Waals surface area contributed by atoms with E-state index in [1.54, 1.807) is 31.9 Å². The molecule has 0 spiro atoms. The van der Waals surface area contributed by atoms with Gasteiger partial charge in [-0.15, -0.1) is 0 Å². The maximum absolute atomic E-state index is 14.9. The molecule has 1 aliphatic heterocycles. The predicted molar refractivity (Wildman–Crippen MR) is 125 cm³/mol. The van der Waals surface area contributed by atoms with Crippen molar-refractivity contribution < 1.29 is 18.0 Å². The largest absolute Gasteiger partial charge is 0.363 e. The van der Waals surface area contributed by atoms with E-state index in [9.17, 15) is 18.0 Å². The number of anilines is 1. The third-order valence-electron chi connectivity index (χ3n) is 6.00. The maximum atomic E-state index is 14.9. The Balaban J connectivity index is 1.69. The molecule has 6 nitrogen and oxygen atoms in total. The molecule has 2 aromatic heterocycles. The molecule has 1 atom stereocenters. The van der Waals surface area contributed by atoms with Crippen LogP contribution in [0.15, 0.2) is 36.5 Å². The number of benzene rings is 1. The van der Waals surface area contributed by atoms with Gasteiger partial charge in [-0.3, -0.25) is 9.78 Å². The molecule has 1 aliphatic rings. The van der Waals surface area contributed by atoms with E-state index in [0.717, 1.165) is 17.3 Å². The second-order valence-corrected chi connectivity index (χ2v) is 8.61. The van der Waals surface area contributed by atoms with Crippen LogP contribution in [-0.2, 0) is 10.7 Å². The number of aromatic nitrogens is 3. The molecule has 9 heteroatoms. The summed E-state index contributed by atoms with van der Waals surface area (Å²) in [7, 11) is 0. The van der Waals surface area contributed by atoms with Crippen LogP contribution in [0.5, 0.6) is 0 Å². The van der Waals surface area contributed by atoms with Gasteiger partial charge in [0, 0.05) is 37.9 Å². The molecule has 178 valence electrons. The molecule has 3 aromatic rings. The summed E-state index contributed by atoms with van der Waals surface area (Å²) in [6, 6.07) is 5.24. The van der Waals surface area contributed by atoms with Crippen LogP contribution in [0.1, 0.15) is 55.9 Å². The number of aryl methyl sites for hydroxylation is 1. The number of pyridine rings is 1. The van der Waals surface area contributed by atoms with Crippen LogP contribution in [-0.4, -0.2) is 38.8 Å². The number of hydrogen-bond acceptors (Lipinski definition) is 5. The van der Waals surface area contributed by atoms with Gasteiger partial charge in [0.2, 0.25) is 5.91 Å². The molecule has 0 fully saturated rings. The number of fused-ring (bicyclic) bond motifs is 1. The Labute approximate surface area is 195 Å². The van der Waals surface area contributed by atoms with Crippen LogP contribution in [0.4, 0.5) is 19.0 Å². The summed E-state index contributed by atoms with van der Waals surface area (Å²) in [5, 5.41) is 3.87. The molecule has 4 rings (SSSR count). The molecule has 1 aromatic carbocycles. The molecular formula is C25H26F3N5O. The summed E-state index contributed by atoms with van der Waals surface area (Å²) in [6.07, 6.45) is 4.31. The van der Waals surface area contributed by atoms with Crippen LogP contribution < -0.4 is 5.32 Å². The van der Waals surface area contributed by atoms with Crippen molar-refractivity contribution >= 4 is 28.2 Å². The second-order valence-electron chi connectivity index (χ2n) is 8.61. The Morgan fingerprint density at radius 2 is 2.03 bits per heavy atom. The zero-order valence-electron chi connectivity index (χ0n) is 19.5. The van der Waals surface area contributed by atoms with Crippen molar-refractivity contribution in [1.29, 1.82) is 0 Å². The summed E-state index contributed by atoms with van der Waals surface area (Å²) in [4.78, 5) is 26.8. The molecule has 0 saturated heterocycles. The van der Waals surface area contributed by atoms with Gasteiger partial charge in [0.05, 0.1) is 29.0 Å². The van der Waals surface area contributed by atoms with Gasteiger partial charge in [0.15, 0.2) is 0 Å². The van der Waals surface area contributed by atoms with Gasteiger partial charge in [-0.1, -0.05) is 24.3 Å². The minimum atomic E-state index is -3.29. The van der Waals surface area contributed by atoms with E-state index in [-0.39, 0.29) is 11.5 Å². The molecule has 1 N–H and O–H groups in total. The van der Waals surface area contributed by atoms with E-state index >= 15 is 0 Å². The molecule has 0 radical (unpaired) electrons. The van der Waals surface area contributed by atoms with Crippen molar-refractivity contribution in [3.8, 4) is 0 Å². The predicted octanol–water partition coefficient (Wildman–Crippen LogP) is 5.39. The highest BCUT2D eigenvalue weighted by Crippen LogP contribution is 2.34. The number of nitrogens with zero attached hydrogens (tertiary/aromatic N) is 4. The highest BCUT2D eigenvalue weighted by molar-refractivity contribution is 5.91. The van der Waals surface area contributed by atoms with Crippen LogP contribution in [0.3, 0.4) is 0 Å². The summed E-state index contributed by atoms with van der Waals surface area (Å²) < 4.78 is 42.6. The standard InChI is InChI=1S/C25H26F3N5O/c1-14(18-6-5-7-20(23(18)26)25(4,27)28)30-24-19-12-21(29-13-22(19)31-15(2)32-24)17-8-10-33(11-9-17)16(3)34/h5-8,12-14H,9-11H2,1-4H3,(H,30,31,32)/t14-/m1/s1. The van der Waals surface area contributed by atoms with E-state index < -0.39 is 23.3 Å². The number of alkyl halides is 2. The Morgan fingerprint density at radius 1 is 1.26 bits per heavy atom. The molecule has 1 amide bonds. The normalized spacial score (nSPS) is 15.3. The SMILES string of the molecule is CC(=O)N1CC=C(c2cc3c(N[C@H](C)c4cccc(C(C)(F)F)c4F)nc(C)nc3cn2)CC1. The van der Waals surface area contributed by atoms with Crippen molar-refractivity contribution in [1.82, 2.24) is 19.9 Å². The minimum absolute atomic E-state index is 0.0308. The van der Waals surface area contributed by atoms with Gasteiger partial charge >= 0.3 is 0 Å². The fourth-order valence-electron chi connectivity index (χ4n) is 4.13. The molecular weight excluding hydrogens is 443 g/mol. The fraction of sp³-hybridized carbons (Fsp3) is 0.360. The van der Waals surface area contributed by atoms with Crippen molar-refractivity contribution in [3.63, 3.8) is 0 Å². The number of rotatable bonds is 5. The zero-order valence-corrected chi connectivity index (χ0v) is 19.5. The maximum Gasteiger partial charge on any atom is 0.273 e. The molecule has 0 unspecified atom stereocenters. The molecule has 0 bridgehead atoms. The number of carbonyl (C=O) groups excluding carboxylic acids is 1. The monoisotopic (exact) mass is 469 g/mol. The third-order valence-corrected chi connectivity index (χ3v) is 6.00. The minimum Gasteiger partial charge on any atom is -0.363 e. The molecule has 0 aliphatic carbocycles. The first-order valence-electron chi connectivity index (χ1n) is 11.1. The Morgan fingerprint density at radius 3 is 2.68 bits per heavy atom. The summed E-state index contributed by atoms with van der Waals surface area (Å²) in [6.45, 7) is 6.80. The molecule has 3 heterocycles. The highest BCUT2D eigenvalue weighted by atomic mass is 19.3. The van der Waals surface area contributed by atoms with Gasteiger partial charge in [0.1, 0.15) is 17.5 Å². The Kier molecular flexibility index (Phi) is 6.29. The number of amides is 1. The Bertz CT molecular complexity index is 1290. The van der Waals surface area contributed by atoms with E-state index in [1.807, 2.05) is 12.1 Å². The van der Waals surface area contributed by atoms with Crippen molar-refractivity contribution in [2.75, 3.05) is 18.4 Å². The quantitative estimate of drug-likeness (QED) is 0.542. The van der Waals surface area contributed by atoms with Crippen LogP contribution in [0.25, 0.3) is 16.5 Å². The number of nitrogens with one attached hydrogen (secondary N) is 1. The first kappa shape index (κ1) is 23.7. The lowest BCUT2D eigenvalue weighted by atomic mass is 10.0.